The summed E-state index contributed by atoms with van der Waals surface area (Å²) in [5.74, 6) is 0.375. The summed E-state index contributed by atoms with van der Waals surface area (Å²) in [5, 5.41) is 3.32. The molecule has 5 heteroatoms. The number of rotatable bonds is 8. The second kappa shape index (κ2) is 8.60. The molecule has 0 aromatic heterocycles. The average molecular weight is 286 g/mol. The van der Waals surface area contributed by atoms with Crippen LogP contribution < -0.4 is 5.32 Å². The van der Waals surface area contributed by atoms with Crippen LogP contribution >= 0.6 is 0 Å². The molecule has 20 heavy (non-hydrogen) atoms. The highest BCUT2D eigenvalue weighted by molar-refractivity contribution is 5.80. The van der Waals surface area contributed by atoms with Gasteiger partial charge in [0.2, 0.25) is 0 Å². The molecule has 0 aliphatic carbocycles. The molecule has 1 rings (SSSR count). The maximum atomic E-state index is 12.0. The monoisotopic (exact) mass is 286 g/mol. The van der Waals surface area contributed by atoms with Crippen molar-refractivity contribution in [3.05, 3.63) is 0 Å². The summed E-state index contributed by atoms with van der Waals surface area (Å²) in [7, 11) is 3.51. The highest BCUT2D eigenvalue weighted by Crippen LogP contribution is 2.16. The molecule has 1 aliphatic rings. The van der Waals surface area contributed by atoms with Gasteiger partial charge in [0.1, 0.15) is 5.54 Å². The molecule has 1 fully saturated rings. The highest BCUT2D eigenvalue weighted by Gasteiger charge is 2.35. The maximum Gasteiger partial charge on any atom is 0.327 e. The van der Waals surface area contributed by atoms with Gasteiger partial charge in [-0.25, -0.2) is 0 Å². The Morgan fingerprint density at radius 2 is 2.30 bits per heavy atom. The van der Waals surface area contributed by atoms with Crippen LogP contribution in [0.4, 0.5) is 0 Å². The first-order chi connectivity index (χ1) is 9.51. The van der Waals surface area contributed by atoms with E-state index in [1.54, 1.807) is 0 Å². The summed E-state index contributed by atoms with van der Waals surface area (Å²) >= 11 is 0. The van der Waals surface area contributed by atoms with E-state index < -0.39 is 5.54 Å². The van der Waals surface area contributed by atoms with E-state index in [2.05, 4.69) is 24.2 Å². The van der Waals surface area contributed by atoms with Crippen molar-refractivity contribution in [2.75, 3.05) is 47.0 Å². The number of nitrogens with one attached hydrogen (secondary N) is 1. The van der Waals surface area contributed by atoms with E-state index in [1.807, 2.05) is 6.92 Å². The van der Waals surface area contributed by atoms with Crippen molar-refractivity contribution >= 4 is 5.97 Å². The summed E-state index contributed by atoms with van der Waals surface area (Å²) in [6.45, 7) is 8.15. The summed E-state index contributed by atoms with van der Waals surface area (Å²) in [6.07, 6.45) is 3.34. The number of carbonyl (C=O) groups excluding carboxylic acids is 1. The molecule has 1 heterocycles. The van der Waals surface area contributed by atoms with E-state index in [0.717, 1.165) is 39.1 Å². The molecule has 0 amide bonds. The Balaban J connectivity index is 2.51. The van der Waals surface area contributed by atoms with Crippen LogP contribution in [0, 0.1) is 5.92 Å². The minimum Gasteiger partial charge on any atom is -0.468 e. The zero-order chi connectivity index (χ0) is 15.0. The molecule has 0 aromatic carbocycles. The first-order valence-electron chi connectivity index (χ1n) is 7.61. The standard InChI is InChI=1S/C15H30N2O3/c1-5-8-16-15(2,14(18)19-4)12-17(3)10-13-7-6-9-20-11-13/h13,16H,5-12H2,1-4H3. The average Bonchev–Trinajstić information content (AvgIpc) is 2.45. The Kier molecular flexibility index (Phi) is 7.48. The van der Waals surface area contributed by atoms with Gasteiger partial charge in [-0.05, 0) is 45.7 Å². The van der Waals surface area contributed by atoms with Crippen molar-refractivity contribution in [2.45, 2.75) is 38.6 Å². The number of hydrogen-bond donors (Lipinski definition) is 1. The molecule has 0 spiro atoms. The van der Waals surface area contributed by atoms with Crippen LogP contribution in [-0.2, 0) is 14.3 Å². The molecular weight excluding hydrogens is 256 g/mol. The normalized spacial score (nSPS) is 22.6. The van der Waals surface area contributed by atoms with Gasteiger partial charge in [-0.2, -0.15) is 0 Å². The first kappa shape index (κ1) is 17.4. The van der Waals surface area contributed by atoms with E-state index in [1.165, 1.54) is 13.5 Å². The predicted molar refractivity (Wildman–Crippen MR) is 79.8 cm³/mol. The fraction of sp³-hybridized carbons (Fsp3) is 0.933. The fourth-order valence-electron chi connectivity index (χ4n) is 2.82. The summed E-state index contributed by atoms with van der Waals surface area (Å²) < 4.78 is 10.5. The van der Waals surface area contributed by atoms with Gasteiger partial charge in [0.05, 0.1) is 13.7 Å². The number of nitrogens with zero attached hydrogens (tertiary/aromatic N) is 1. The Labute approximate surface area is 123 Å². The number of methoxy groups -OCH3 is 1. The van der Waals surface area contributed by atoms with Gasteiger partial charge in [0, 0.05) is 19.7 Å². The van der Waals surface area contributed by atoms with Gasteiger partial charge in [-0.15, -0.1) is 0 Å². The predicted octanol–water partition coefficient (Wildman–Crippen LogP) is 1.28. The third-order valence-corrected chi connectivity index (χ3v) is 3.81. The smallest absolute Gasteiger partial charge is 0.327 e. The molecule has 0 radical (unpaired) electrons. The van der Waals surface area contributed by atoms with Gasteiger partial charge < -0.3 is 19.7 Å². The van der Waals surface area contributed by atoms with E-state index in [0.29, 0.717) is 12.5 Å². The molecule has 5 nitrogen and oxygen atoms in total. The number of esters is 1. The molecule has 0 bridgehead atoms. The fourth-order valence-corrected chi connectivity index (χ4v) is 2.82. The molecule has 0 saturated carbocycles. The molecule has 0 aromatic rings. The van der Waals surface area contributed by atoms with E-state index in [4.69, 9.17) is 9.47 Å². The summed E-state index contributed by atoms with van der Waals surface area (Å²) in [6, 6.07) is 0. The number of hydrogen-bond acceptors (Lipinski definition) is 5. The Hall–Kier alpha value is -0.650. The van der Waals surface area contributed by atoms with E-state index in [9.17, 15) is 4.79 Å². The van der Waals surface area contributed by atoms with Crippen LogP contribution in [0.5, 0.6) is 0 Å². The summed E-state index contributed by atoms with van der Waals surface area (Å²) in [5.41, 5.74) is -0.644. The summed E-state index contributed by atoms with van der Waals surface area (Å²) in [4.78, 5) is 14.2. The Morgan fingerprint density at radius 1 is 1.55 bits per heavy atom. The van der Waals surface area contributed by atoms with Crippen molar-refractivity contribution in [1.29, 1.82) is 0 Å². The largest absolute Gasteiger partial charge is 0.468 e. The van der Waals surface area contributed by atoms with Gasteiger partial charge in [-0.1, -0.05) is 6.92 Å². The molecule has 1 saturated heterocycles. The van der Waals surface area contributed by atoms with Crippen LogP contribution in [0.1, 0.15) is 33.1 Å². The van der Waals surface area contributed by atoms with Gasteiger partial charge in [0.25, 0.3) is 0 Å². The molecule has 2 atom stereocenters. The molecule has 1 N–H and O–H groups in total. The van der Waals surface area contributed by atoms with Gasteiger partial charge in [-0.3, -0.25) is 4.79 Å². The first-order valence-corrected chi connectivity index (χ1v) is 7.61. The number of likely N-dealkylation sites (N-methyl/N-ethyl adjacent to an activating group) is 1. The topological polar surface area (TPSA) is 50.8 Å². The lowest BCUT2D eigenvalue weighted by atomic mass is 9.98. The zero-order valence-electron chi connectivity index (χ0n) is 13.4. The zero-order valence-corrected chi connectivity index (χ0v) is 13.4. The van der Waals surface area contributed by atoms with Crippen molar-refractivity contribution in [3.63, 3.8) is 0 Å². The number of ether oxygens (including phenoxy) is 2. The minimum absolute atomic E-state index is 0.197. The van der Waals surface area contributed by atoms with Crippen molar-refractivity contribution in [2.24, 2.45) is 5.92 Å². The van der Waals surface area contributed by atoms with Crippen LogP contribution in [0.2, 0.25) is 0 Å². The number of carbonyl (C=O) groups is 1. The lowest BCUT2D eigenvalue weighted by Gasteiger charge is -2.34. The van der Waals surface area contributed by atoms with E-state index in [-0.39, 0.29) is 5.97 Å². The van der Waals surface area contributed by atoms with Crippen molar-refractivity contribution < 1.29 is 14.3 Å². The molecule has 118 valence electrons. The molecular formula is C15H30N2O3. The van der Waals surface area contributed by atoms with Crippen LogP contribution in [-0.4, -0.2) is 63.4 Å². The lowest BCUT2D eigenvalue weighted by Crippen LogP contribution is -2.57. The SMILES string of the molecule is CCCNC(C)(CN(C)CC1CCCOC1)C(=O)OC. The second-order valence-electron chi connectivity index (χ2n) is 6.03. The van der Waals surface area contributed by atoms with Crippen molar-refractivity contribution in [1.82, 2.24) is 10.2 Å². The molecule has 2 unspecified atom stereocenters. The van der Waals surface area contributed by atoms with Gasteiger partial charge in [0.15, 0.2) is 0 Å². The third-order valence-electron chi connectivity index (χ3n) is 3.81. The Bertz CT molecular complexity index is 293. The Morgan fingerprint density at radius 3 is 2.85 bits per heavy atom. The van der Waals surface area contributed by atoms with Crippen LogP contribution in [0.25, 0.3) is 0 Å². The second-order valence-corrected chi connectivity index (χ2v) is 6.03. The third kappa shape index (κ3) is 5.38. The molecule has 1 aliphatic heterocycles. The van der Waals surface area contributed by atoms with Crippen LogP contribution in [0.3, 0.4) is 0 Å². The lowest BCUT2D eigenvalue weighted by molar-refractivity contribution is -0.148. The maximum absolute atomic E-state index is 12.0. The minimum atomic E-state index is -0.644. The van der Waals surface area contributed by atoms with Crippen molar-refractivity contribution in [3.8, 4) is 0 Å². The highest BCUT2D eigenvalue weighted by atomic mass is 16.5. The van der Waals surface area contributed by atoms with E-state index >= 15 is 0 Å². The van der Waals surface area contributed by atoms with Gasteiger partial charge >= 0.3 is 5.97 Å². The van der Waals surface area contributed by atoms with Crippen LogP contribution in [0.15, 0.2) is 0 Å². The quantitative estimate of drug-likeness (QED) is 0.681.